The van der Waals surface area contributed by atoms with Crippen molar-refractivity contribution in [1.82, 2.24) is 0 Å². The van der Waals surface area contributed by atoms with Gasteiger partial charge in [-0.25, -0.2) is 0 Å². The summed E-state index contributed by atoms with van der Waals surface area (Å²) in [5, 5.41) is 7.23. The molecule has 0 N–H and O–H groups in total. The molecule has 5 heteroatoms. The van der Waals surface area contributed by atoms with E-state index < -0.39 is 12.6 Å². The van der Waals surface area contributed by atoms with Crippen LogP contribution < -0.4 is 0 Å². The lowest BCUT2D eigenvalue weighted by Gasteiger charge is -2.10. The fraction of sp³-hybridized carbons (Fsp3) is 0.778. The second kappa shape index (κ2) is 5.12. The van der Waals surface area contributed by atoms with E-state index in [4.69, 9.17) is 0 Å². The lowest BCUT2D eigenvalue weighted by Crippen LogP contribution is -2.19. The molecule has 0 aliphatic heterocycles. The summed E-state index contributed by atoms with van der Waals surface area (Å²) < 4.78 is 36.2. The molecule has 0 aliphatic carbocycles. The Balaban J connectivity index is 4.62. The van der Waals surface area contributed by atoms with Crippen molar-refractivity contribution in [2.75, 3.05) is 0 Å². The van der Waals surface area contributed by atoms with E-state index in [1.165, 1.54) is 0 Å². The molecule has 0 aliphatic rings. The third kappa shape index (κ3) is 6.62. The third-order valence-corrected chi connectivity index (χ3v) is 1.43. The van der Waals surface area contributed by atoms with Gasteiger partial charge >= 0.3 is 6.18 Å². The van der Waals surface area contributed by atoms with Crippen molar-refractivity contribution >= 4 is 11.4 Å². The second-order valence-electron chi connectivity index (χ2n) is 3.59. The Morgan fingerprint density at radius 2 is 1.64 bits per heavy atom. The van der Waals surface area contributed by atoms with Crippen LogP contribution in [0.25, 0.3) is 0 Å². The molecule has 0 radical (unpaired) electrons. The molecular weight excluding hydrogens is 193 g/mol. The molecule has 14 heavy (non-hydrogen) atoms. The number of hydrogen-bond donors (Lipinski definition) is 0. The molecular formula is C9H15F3N2. The van der Waals surface area contributed by atoms with Crippen LogP contribution in [0.5, 0.6) is 0 Å². The zero-order chi connectivity index (χ0) is 11.4. The van der Waals surface area contributed by atoms with Gasteiger partial charge in [-0.2, -0.15) is 23.4 Å². The van der Waals surface area contributed by atoms with Gasteiger partial charge in [-0.05, 0) is 19.8 Å². The van der Waals surface area contributed by atoms with E-state index in [1.807, 2.05) is 0 Å². The van der Waals surface area contributed by atoms with Gasteiger partial charge in [0.2, 0.25) is 0 Å². The molecule has 0 aromatic carbocycles. The number of nitrogens with zero attached hydrogens (tertiary/aromatic N) is 2. The predicted molar refractivity (Wildman–Crippen MR) is 51.7 cm³/mol. The summed E-state index contributed by atoms with van der Waals surface area (Å²) in [6.07, 6.45) is -5.19. The third-order valence-electron chi connectivity index (χ3n) is 1.43. The first-order valence-corrected chi connectivity index (χ1v) is 4.36. The van der Waals surface area contributed by atoms with Crippen LogP contribution in [0.15, 0.2) is 10.2 Å². The van der Waals surface area contributed by atoms with Gasteiger partial charge in [0, 0.05) is 5.71 Å². The minimum Gasteiger partial charge on any atom is -0.171 e. The average Bonchev–Trinajstić information content (AvgIpc) is 1.94. The molecule has 0 fully saturated rings. The standard InChI is InChI=1S/C9H15F3N2/c1-6(2)8(5-9(10,11)12)14-13-7(3)4/h6H,5H2,1-4H3/b14-8+. The Labute approximate surface area is 81.9 Å². The quantitative estimate of drug-likeness (QED) is 0.501. The Morgan fingerprint density at radius 1 is 1.14 bits per heavy atom. The van der Waals surface area contributed by atoms with E-state index in [9.17, 15) is 13.2 Å². The maximum Gasteiger partial charge on any atom is 0.394 e. The molecule has 82 valence electrons. The van der Waals surface area contributed by atoms with Gasteiger partial charge in [-0.1, -0.05) is 13.8 Å². The van der Waals surface area contributed by atoms with Crippen molar-refractivity contribution in [2.24, 2.45) is 16.1 Å². The van der Waals surface area contributed by atoms with Gasteiger partial charge < -0.3 is 0 Å². The van der Waals surface area contributed by atoms with E-state index in [0.717, 1.165) is 0 Å². The highest BCUT2D eigenvalue weighted by atomic mass is 19.4. The van der Waals surface area contributed by atoms with Gasteiger partial charge in [0.15, 0.2) is 0 Å². The molecule has 0 saturated heterocycles. The van der Waals surface area contributed by atoms with Gasteiger partial charge in [0.25, 0.3) is 0 Å². The molecule has 0 unspecified atom stereocenters. The van der Waals surface area contributed by atoms with E-state index >= 15 is 0 Å². The van der Waals surface area contributed by atoms with Crippen LogP contribution in [0.4, 0.5) is 13.2 Å². The SMILES string of the molecule is CC(C)=N/N=C(\CC(F)(F)F)C(C)C. The number of hydrogen-bond acceptors (Lipinski definition) is 2. The first-order chi connectivity index (χ1) is 6.22. The first kappa shape index (κ1) is 13.1. The topological polar surface area (TPSA) is 24.7 Å². The summed E-state index contributed by atoms with van der Waals surface area (Å²) in [7, 11) is 0. The Kier molecular flexibility index (Phi) is 4.80. The number of halogens is 3. The van der Waals surface area contributed by atoms with Gasteiger partial charge in [0.1, 0.15) is 0 Å². The zero-order valence-electron chi connectivity index (χ0n) is 8.81. The summed E-state index contributed by atoms with van der Waals surface area (Å²) in [4.78, 5) is 0. The lowest BCUT2D eigenvalue weighted by atomic mass is 10.1. The van der Waals surface area contributed by atoms with Crippen LogP contribution in [0, 0.1) is 5.92 Å². The first-order valence-electron chi connectivity index (χ1n) is 4.36. The van der Waals surface area contributed by atoms with Crippen molar-refractivity contribution in [3.63, 3.8) is 0 Å². The molecule has 0 rings (SSSR count). The van der Waals surface area contributed by atoms with Crippen molar-refractivity contribution in [1.29, 1.82) is 0 Å². The molecule has 0 saturated carbocycles. The summed E-state index contributed by atoms with van der Waals surface area (Å²) in [5.41, 5.74) is 0.712. The summed E-state index contributed by atoms with van der Waals surface area (Å²) in [5.74, 6) is -0.236. The Morgan fingerprint density at radius 3 is 1.93 bits per heavy atom. The highest BCUT2D eigenvalue weighted by Gasteiger charge is 2.30. The minimum absolute atomic E-state index is 0.0682. The predicted octanol–water partition coefficient (Wildman–Crippen LogP) is 3.43. The molecule has 0 aromatic heterocycles. The van der Waals surface area contributed by atoms with Crippen LogP contribution in [0.3, 0.4) is 0 Å². The van der Waals surface area contributed by atoms with Gasteiger partial charge in [-0.3, -0.25) is 0 Å². The molecule has 0 atom stereocenters. The maximum atomic E-state index is 12.1. The summed E-state index contributed by atoms with van der Waals surface area (Å²) in [6, 6.07) is 0. The fourth-order valence-electron chi connectivity index (χ4n) is 0.725. The molecule has 0 amide bonds. The summed E-state index contributed by atoms with van der Waals surface area (Å²) >= 11 is 0. The maximum absolute atomic E-state index is 12.1. The molecule has 0 spiro atoms. The zero-order valence-corrected chi connectivity index (χ0v) is 8.81. The Hall–Kier alpha value is -0.870. The van der Waals surface area contributed by atoms with Crippen molar-refractivity contribution in [3.05, 3.63) is 0 Å². The highest BCUT2D eigenvalue weighted by molar-refractivity contribution is 5.88. The highest BCUT2D eigenvalue weighted by Crippen LogP contribution is 2.22. The van der Waals surface area contributed by atoms with E-state index in [2.05, 4.69) is 10.2 Å². The van der Waals surface area contributed by atoms with E-state index in [0.29, 0.717) is 5.71 Å². The van der Waals surface area contributed by atoms with Gasteiger partial charge in [0.05, 0.1) is 12.1 Å². The smallest absolute Gasteiger partial charge is 0.171 e. The molecule has 0 bridgehead atoms. The van der Waals surface area contributed by atoms with Crippen LogP contribution >= 0.6 is 0 Å². The minimum atomic E-state index is -4.21. The van der Waals surface area contributed by atoms with E-state index in [-0.39, 0.29) is 11.6 Å². The van der Waals surface area contributed by atoms with E-state index in [1.54, 1.807) is 27.7 Å². The van der Waals surface area contributed by atoms with Crippen LogP contribution in [0.1, 0.15) is 34.1 Å². The van der Waals surface area contributed by atoms with Crippen molar-refractivity contribution < 1.29 is 13.2 Å². The fourth-order valence-corrected chi connectivity index (χ4v) is 0.725. The van der Waals surface area contributed by atoms with Crippen LogP contribution in [0.2, 0.25) is 0 Å². The number of alkyl halides is 3. The summed E-state index contributed by atoms with van der Waals surface area (Å²) in [6.45, 7) is 6.72. The average molecular weight is 208 g/mol. The normalized spacial score (nSPS) is 13.3. The largest absolute Gasteiger partial charge is 0.394 e. The molecule has 0 aromatic rings. The van der Waals surface area contributed by atoms with Gasteiger partial charge in [-0.15, -0.1) is 0 Å². The van der Waals surface area contributed by atoms with Crippen molar-refractivity contribution in [3.8, 4) is 0 Å². The van der Waals surface area contributed by atoms with Crippen LogP contribution in [-0.2, 0) is 0 Å². The lowest BCUT2D eigenvalue weighted by molar-refractivity contribution is -0.121. The van der Waals surface area contributed by atoms with Crippen molar-refractivity contribution in [2.45, 2.75) is 40.3 Å². The Bertz CT molecular complexity index is 235. The molecule has 0 heterocycles. The number of rotatable bonds is 3. The molecule has 2 nitrogen and oxygen atoms in total. The van der Waals surface area contributed by atoms with Crippen LogP contribution in [-0.4, -0.2) is 17.6 Å². The monoisotopic (exact) mass is 208 g/mol. The second-order valence-corrected chi connectivity index (χ2v) is 3.59.